The zero-order chi connectivity index (χ0) is 9.10. The van der Waals surface area contributed by atoms with Gasteiger partial charge in [-0.3, -0.25) is 5.10 Å². The molecule has 0 aliphatic rings. The predicted octanol–water partition coefficient (Wildman–Crippen LogP) is 2.70. The van der Waals surface area contributed by atoms with Crippen molar-refractivity contribution in [2.45, 2.75) is 9.92 Å². The topological polar surface area (TPSA) is 28.7 Å². The third-order valence-corrected chi connectivity index (χ3v) is 2.51. The standard InChI is InChI=1S/C9H7FN2S/c10-7-3-1-2-4-8(7)13-9-5-6-11-12-9/h1-6H,(H,11,12). The molecule has 0 aliphatic heterocycles. The first kappa shape index (κ1) is 8.31. The number of nitrogens with zero attached hydrogens (tertiary/aromatic N) is 1. The highest BCUT2D eigenvalue weighted by molar-refractivity contribution is 7.99. The molecule has 0 aliphatic carbocycles. The number of hydrogen-bond donors (Lipinski definition) is 1. The van der Waals surface area contributed by atoms with Gasteiger partial charge in [-0.05, 0) is 18.2 Å². The van der Waals surface area contributed by atoms with Gasteiger partial charge in [-0.2, -0.15) is 5.10 Å². The van der Waals surface area contributed by atoms with E-state index >= 15 is 0 Å². The van der Waals surface area contributed by atoms with Crippen molar-refractivity contribution in [2.75, 3.05) is 0 Å². The van der Waals surface area contributed by atoms with Crippen LogP contribution in [0.3, 0.4) is 0 Å². The van der Waals surface area contributed by atoms with Gasteiger partial charge in [0.25, 0.3) is 0 Å². The number of rotatable bonds is 2. The lowest BCUT2D eigenvalue weighted by molar-refractivity contribution is 0.602. The molecule has 0 spiro atoms. The molecule has 0 radical (unpaired) electrons. The summed E-state index contributed by atoms with van der Waals surface area (Å²) < 4.78 is 13.1. The molecule has 0 saturated carbocycles. The average molecular weight is 194 g/mol. The summed E-state index contributed by atoms with van der Waals surface area (Å²) in [5.74, 6) is -0.212. The summed E-state index contributed by atoms with van der Waals surface area (Å²) >= 11 is 1.30. The van der Waals surface area contributed by atoms with Gasteiger partial charge in [0.05, 0.1) is 0 Å². The zero-order valence-electron chi connectivity index (χ0n) is 6.70. The van der Waals surface area contributed by atoms with Crippen LogP contribution in [0.2, 0.25) is 0 Å². The second kappa shape index (κ2) is 3.62. The molecule has 66 valence electrons. The summed E-state index contributed by atoms with van der Waals surface area (Å²) in [5, 5.41) is 7.37. The van der Waals surface area contributed by atoms with E-state index in [9.17, 15) is 4.39 Å². The first-order chi connectivity index (χ1) is 6.36. The van der Waals surface area contributed by atoms with Crippen LogP contribution in [0.25, 0.3) is 0 Å². The Kier molecular flexibility index (Phi) is 2.31. The molecule has 0 saturated heterocycles. The highest BCUT2D eigenvalue weighted by Crippen LogP contribution is 2.27. The second-order valence-electron chi connectivity index (χ2n) is 2.44. The van der Waals surface area contributed by atoms with E-state index in [0.717, 1.165) is 5.03 Å². The summed E-state index contributed by atoms with van der Waals surface area (Å²) in [5.41, 5.74) is 0. The van der Waals surface area contributed by atoms with Gasteiger partial charge in [0.1, 0.15) is 10.8 Å². The molecule has 4 heteroatoms. The molecule has 0 bridgehead atoms. The zero-order valence-corrected chi connectivity index (χ0v) is 7.51. The maximum absolute atomic E-state index is 13.1. The Bertz CT molecular complexity index is 386. The van der Waals surface area contributed by atoms with Gasteiger partial charge in [-0.25, -0.2) is 4.39 Å². The van der Waals surface area contributed by atoms with Crippen molar-refractivity contribution in [3.8, 4) is 0 Å². The Hall–Kier alpha value is -1.29. The van der Waals surface area contributed by atoms with Gasteiger partial charge in [-0.1, -0.05) is 23.9 Å². The number of benzene rings is 1. The van der Waals surface area contributed by atoms with Crippen LogP contribution in [-0.4, -0.2) is 10.2 Å². The minimum absolute atomic E-state index is 0.212. The van der Waals surface area contributed by atoms with Gasteiger partial charge in [0.15, 0.2) is 0 Å². The van der Waals surface area contributed by atoms with Crippen LogP contribution in [-0.2, 0) is 0 Å². The Morgan fingerprint density at radius 3 is 2.77 bits per heavy atom. The van der Waals surface area contributed by atoms with Crippen LogP contribution < -0.4 is 0 Å². The van der Waals surface area contributed by atoms with Crippen LogP contribution in [0.1, 0.15) is 0 Å². The monoisotopic (exact) mass is 194 g/mol. The average Bonchev–Trinajstić information content (AvgIpc) is 2.61. The minimum atomic E-state index is -0.212. The van der Waals surface area contributed by atoms with Crippen LogP contribution in [0.4, 0.5) is 4.39 Å². The first-order valence-corrected chi connectivity index (χ1v) is 4.60. The molecule has 1 N–H and O–H groups in total. The highest BCUT2D eigenvalue weighted by Gasteiger charge is 2.03. The Morgan fingerprint density at radius 1 is 1.23 bits per heavy atom. The highest BCUT2D eigenvalue weighted by atomic mass is 32.2. The molecule has 1 aromatic heterocycles. The van der Waals surface area contributed by atoms with Crippen molar-refractivity contribution in [3.05, 3.63) is 42.3 Å². The Morgan fingerprint density at radius 2 is 2.08 bits per heavy atom. The molecule has 2 aromatic rings. The summed E-state index contributed by atoms with van der Waals surface area (Å²) in [7, 11) is 0. The molecule has 0 unspecified atom stereocenters. The van der Waals surface area contributed by atoms with E-state index in [1.54, 1.807) is 30.5 Å². The van der Waals surface area contributed by atoms with Gasteiger partial charge < -0.3 is 0 Å². The smallest absolute Gasteiger partial charge is 0.137 e. The molecule has 2 nitrogen and oxygen atoms in total. The fourth-order valence-corrected chi connectivity index (χ4v) is 1.72. The molecule has 1 heterocycles. The van der Waals surface area contributed by atoms with E-state index in [-0.39, 0.29) is 5.82 Å². The molecule has 0 fully saturated rings. The van der Waals surface area contributed by atoms with Gasteiger partial charge in [0, 0.05) is 11.1 Å². The number of aromatic nitrogens is 2. The largest absolute Gasteiger partial charge is 0.285 e. The molecular weight excluding hydrogens is 187 g/mol. The SMILES string of the molecule is Fc1ccccc1Sc1cc[nH]n1. The molecule has 0 atom stereocenters. The third-order valence-electron chi connectivity index (χ3n) is 1.53. The number of halogens is 1. The third kappa shape index (κ3) is 1.89. The molecule has 13 heavy (non-hydrogen) atoms. The van der Waals surface area contributed by atoms with Crippen molar-refractivity contribution >= 4 is 11.8 Å². The number of hydrogen-bond acceptors (Lipinski definition) is 2. The van der Waals surface area contributed by atoms with Gasteiger partial charge >= 0.3 is 0 Å². The van der Waals surface area contributed by atoms with Crippen molar-refractivity contribution in [1.29, 1.82) is 0 Å². The molecule has 0 amide bonds. The van der Waals surface area contributed by atoms with Crippen molar-refractivity contribution in [3.63, 3.8) is 0 Å². The lowest BCUT2D eigenvalue weighted by Crippen LogP contribution is -1.79. The molecule has 1 aromatic carbocycles. The molecule has 2 rings (SSSR count). The minimum Gasteiger partial charge on any atom is -0.285 e. The van der Waals surface area contributed by atoms with Crippen LogP contribution >= 0.6 is 11.8 Å². The van der Waals surface area contributed by atoms with E-state index in [1.165, 1.54) is 17.8 Å². The summed E-state index contributed by atoms with van der Waals surface area (Å²) in [4.78, 5) is 0.592. The first-order valence-electron chi connectivity index (χ1n) is 3.78. The van der Waals surface area contributed by atoms with Crippen molar-refractivity contribution in [1.82, 2.24) is 10.2 Å². The maximum Gasteiger partial charge on any atom is 0.137 e. The van der Waals surface area contributed by atoms with E-state index in [2.05, 4.69) is 10.2 Å². The predicted molar refractivity (Wildman–Crippen MR) is 49.1 cm³/mol. The summed E-state index contributed by atoms with van der Waals surface area (Å²) in [6.45, 7) is 0. The Balaban J connectivity index is 2.24. The second-order valence-corrected chi connectivity index (χ2v) is 3.51. The van der Waals surface area contributed by atoms with Crippen LogP contribution in [0, 0.1) is 5.82 Å². The van der Waals surface area contributed by atoms with Crippen molar-refractivity contribution in [2.24, 2.45) is 0 Å². The quantitative estimate of drug-likeness (QED) is 0.796. The summed E-state index contributed by atoms with van der Waals surface area (Å²) in [6, 6.07) is 8.45. The van der Waals surface area contributed by atoms with Crippen molar-refractivity contribution < 1.29 is 4.39 Å². The molecular formula is C9H7FN2S. The number of H-pyrrole nitrogens is 1. The number of aromatic amines is 1. The van der Waals surface area contributed by atoms with E-state index in [0.29, 0.717) is 4.90 Å². The maximum atomic E-state index is 13.1. The van der Waals surface area contributed by atoms with Gasteiger partial charge in [0.2, 0.25) is 0 Å². The number of nitrogens with one attached hydrogen (secondary N) is 1. The van der Waals surface area contributed by atoms with E-state index in [1.807, 2.05) is 0 Å². The normalized spacial score (nSPS) is 10.2. The van der Waals surface area contributed by atoms with E-state index in [4.69, 9.17) is 0 Å². The lowest BCUT2D eigenvalue weighted by Gasteiger charge is -1.97. The van der Waals surface area contributed by atoms with Crippen LogP contribution in [0.15, 0.2) is 46.5 Å². The van der Waals surface area contributed by atoms with E-state index < -0.39 is 0 Å². The summed E-state index contributed by atoms with van der Waals surface area (Å²) in [6.07, 6.45) is 1.71. The fourth-order valence-electron chi connectivity index (χ4n) is 0.944. The lowest BCUT2D eigenvalue weighted by atomic mass is 10.3. The Labute approximate surface area is 79.2 Å². The van der Waals surface area contributed by atoms with Gasteiger partial charge in [-0.15, -0.1) is 0 Å². The van der Waals surface area contributed by atoms with Crippen LogP contribution in [0.5, 0.6) is 0 Å². The fraction of sp³-hybridized carbons (Fsp3) is 0.